The van der Waals surface area contributed by atoms with Gasteiger partial charge in [0, 0.05) is 11.0 Å². The monoisotopic (exact) mass is 280 g/mol. The van der Waals surface area contributed by atoms with Gasteiger partial charge in [-0.25, -0.2) is 0 Å². The van der Waals surface area contributed by atoms with Gasteiger partial charge in [0.1, 0.15) is 5.60 Å². The van der Waals surface area contributed by atoms with E-state index >= 15 is 0 Å². The fraction of sp³-hybridized carbons (Fsp3) is 0.714. The van der Waals surface area contributed by atoms with E-state index in [1.54, 1.807) is 17.8 Å². The van der Waals surface area contributed by atoms with Crippen LogP contribution in [0.15, 0.2) is 11.0 Å². The van der Waals surface area contributed by atoms with E-state index in [0.29, 0.717) is 6.42 Å². The lowest BCUT2D eigenvalue weighted by Crippen LogP contribution is -2.47. The molecular weight excluding hydrogens is 260 g/mol. The zero-order valence-corrected chi connectivity index (χ0v) is 12.7. The molecule has 2 rings (SSSR count). The van der Waals surface area contributed by atoms with Gasteiger partial charge in [-0.3, -0.25) is 5.41 Å². The molecule has 3 atom stereocenters. The van der Waals surface area contributed by atoms with Crippen LogP contribution in [0.25, 0.3) is 0 Å². The van der Waals surface area contributed by atoms with Crippen LogP contribution in [0.5, 0.6) is 0 Å². The Balaban J connectivity index is 2.46. The van der Waals surface area contributed by atoms with E-state index in [-0.39, 0.29) is 5.90 Å². The van der Waals surface area contributed by atoms with Crippen LogP contribution in [-0.4, -0.2) is 22.0 Å². The van der Waals surface area contributed by atoms with Gasteiger partial charge >= 0.3 is 0 Å². The highest BCUT2D eigenvalue weighted by Crippen LogP contribution is 2.61. The van der Waals surface area contributed by atoms with Crippen molar-refractivity contribution in [2.75, 3.05) is 0 Å². The van der Waals surface area contributed by atoms with E-state index in [1.165, 1.54) is 0 Å². The molecule has 104 valence electrons. The maximum absolute atomic E-state index is 8.96. The highest BCUT2D eigenvalue weighted by molar-refractivity contribution is 8.04. The van der Waals surface area contributed by atoms with Crippen LogP contribution in [-0.2, 0) is 9.47 Å². The second-order valence-corrected chi connectivity index (χ2v) is 6.77. The summed E-state index contributed by atoms with van der Waals surface area (Å²) in [6, 6.07) is 2.10. The minimum atomic E-state index is -0.577. The number of hydrogen-bond acceptors (Lipinski definition) is 5. The molecular formula is C14H20N2O2S. The highest BCUT2D eigenvalue weighted by atomic mass is 32.2. The Morgan fingerprint density at radius 2 is 2.11 bits per heavy atom. The van der Waals surface area contributed by atoms with Crippen molar-refractivity contribution < 1.29 is 9.47 Å². The van der Waals surface area contributed by atoms with Crippen LogP contribution in [0, 0.1) is 16.7 Å². The maximum Gasteiger partial charge on any atom is 0.185 e. The average molecular weight is 280 g/mol. The quantitative estimate of drug-likeness (QED) is 0.785. The minimum Gasteiger partial charge on any atom is -0.471 e. The van der Waals surface area contributed by atoms with E-state index in [4.69, 9.17) is 20.1 Å². The van der Waals surface area contributed by atoms with Crippen molar-refractivity contribution in [3.8, 4) is 6.07 Å². The van der Waals surface area contributed by atoms with Crippen molar-refractivity contribution in [3.63, 3.8) is 0 Å². The summed E-state index contributed by atoms with van der Waals surface area (Å²) in [5, 5.41) is 16.8. The molecule has 2 saturated heterocycles. The summed E-state index contributed by atoms with van der Waals surface area (Å²) < 4.78 is 12.1. The molecule has 0 saturated carbocycles. The standard InChI is InChI=1S/C14H20N2O2S/c1-5-12(3)10(7-8-15)19-14(18-12)9-11(16)17-13(14,4)6-2/h7,16H,5-6,9H2,1-4H3. The second-order valence-electron chi connectivity index (χ2n) is 5.47. The molecule has 3 unspecified atom stereocenters. The van der Waals surface area contributed by atoms with Crippen LogP contribution < -0.4 is 0 Å². The SMILES string of the molecule is CCC1(C)OC2(CC(=N)OC2(C)CC)SC1=CC#N. The summed E-state index contributed by atoms with van der Waals surface area (Å²) in [5.41, 5.74) is -0.971. The summed E-state index contributed by atoms with van der Waals surface area (Å²) in [4.78, 5) is 0.363. The molecule has 5 heteroatoms. The Morgan fingerprint density at radius 3 is 2.63 bits per heavy atom. The van der Waals surface area contributed by atoms with Gasteiger partial charge in [-0.1, -0.05) is 25.6 Å². The zero-order valence-electron chi connectivity index (χ0n) is 11.9. The normalized spacial score (nSPS) is 43.7. The van der Waals surface area contributed by atoms with Gasteiger partial charge in [0.15, 0.2) is 10.8 Å². The van der Waals surface area contributed by atoms with Gasteiger partial charge in [-0.05, 0) is 26.7 Å². The van der Waals surface area contributed by atoms with Gasteiger partial charge < -0.3 is 9.47 Å². The largest absolute Gasteiger partial charge is 0.471 e. The van der Waals surface area contributed by atoms with Crippen LogP contribution in [0.4, 0.5) is 0 Å². The Kier molecular flexibility index (Phi) is 3.44. The van der Waals surface area contributed by atoms with Crippen LogP contribution in [0.1, 0.15) is 47.0 Å². The molecule has 0 aromatic carbocycles. The Morgan fingerprint density at radius 1 is 1.42 bits per heavy atom. The van der Waals surface area contributed by atoms with Crippen molar-refractivity contribution in [2.45, 2.75) is 63.1 Å². The molecule has 0 aromatic rings. The van der Waals surface area contributed by atoms with E-state index < -0.39 is 16.1 Å². The third-order valence-electron chi connectivity index (χ3n) is 4.28. The molecule has 0 aliphatic carbocycles. The molecule has 0 bridgehead atoms. The molecule has 0 radical (unpaired) electrons. The summed E-state index contributed by atoms with van der Waals surface area (Å²) >= 11 is 1.56. The van der Waals surface area contributed by atoms with Crippen LogP contribution in [0.3, 0.4) is 0 Å². The second kappa shape index (κ2) is 4.53. The number of rotatable bonds is 2. The first kappa shape index (κ1) is 14.4. The van der Waals surface area contributed by atoms with Crippen molar-refractivity contribution in [1.82, 2.24) is 0 Å². The molecule has 4 nitrogen and oxygen atoms in total. The van der Waals surface area contributed by atoms with Gasteiger partial charge in [0.2, 0.25) is 0 Å². The molecule has 2 aliphatic rings. The first-order chi connectivity index (χ1) is 8.85. The molecule has 2 heterocycles. The summed E-state index contributed by atoms with van der Waals surface area (Å²) in [7, 11) is 0. The average Bonchev–Trinajstić information content (AvgIpc) is 2.77. The molecule has 2 fully saturated rings. The fourth-order valence-electron chi connectivity index (χ4n) is 2.62. The molecule has 19 heavy (non-hydrogen) atoms. The Bertz CT molecular complexity index is 484. The fourth-order valence-corrected chi connectivity index (χ4v) is 4.32. The van der Waals surface area contributed by atoms with Crippen molar-refractivity contribution in [1.29, 1.82) is 10.7 Å². The Labute approximate surface area is 118 Å². The first-order valence-electron chi connectivity index (χ1n) is 6.60. The number of allylic oxidation sites excluding steroid dienone is 1. The van der Waals surface area contributed by atoms with Gasteiger partial charge in [0.05, 0.1) is 18.1 Å². The third kappa shape index (κ3) is 1.98. The van der Waals surface area contributed by atoms with E-state index in [1.807, 2.05) is 20.8 Å². The lowest BCUT2D eigenvalue weighted by Gasteiger charge is -2.37. The molecule has 2 aliphatic heterocycles. The van der Waals surface area contributed by atoms with Crippen LogP contribution in [0.2, 0.25) is 0 Å². The van der Waals surface area contributed by atoms with Gasteiger partial charge in [0.25, 0.3) is 0 Å². The van der Waals surface area contributed by atoms with E-state index in [2.05, 4.69) is 13.0 Å². The van der Waals surface area contributed by atoms with Crippen molar-refractivity contribution in [3.05, 3.63) is 11.0 Å². The van der Waals surface area contributed by atoms with Crippen molar-refractivity contribution in [2.24, 2.45) is 0 Å². The lowest BCUT2D eigenvalue weighted by molar-refractivity contribution is -0.129. The predicted octanol–water partition coefficient (Wildman–Crippen LogP) is 3.59. The number of thioether (sulfide) groups is 1. The maximum atomic E-state index is 8.96. The third-order valence-corrected chi connectivity index (χ3v) is 6.04. The Hall–Kier alpha value is -0.990. The summed E-state index contributed by atoms with van der Waals surface area (Å²) in [5.74, 6) is 0.272. The minimum absolute atomic E-state index is 0.272. The predicted molar refractivity (Wildman–Crippen MR) is 75.9 cm³/mol. The molecule has 1 N–H and O–H groups in total. The highest BCUT2D eigenvalue weighted by Gasteiger charge is 2.64. The molecule has 0 amide bonds. The summed E-state index contributed by atoms with van der Waals surface area (Å²) in [6.07, 6.45) is 3.59. The van der Waals surface area contributed by atoms with E-state index in [0.717, 1.165) is 17.7 Å². The topological polar surface area (TPSA) is 66.1 Å². The molecule has 1 spiro atoms. The van der Waals surface area contributed by atoms with E-state index in [9.17, 15) is 0 Å². The van der Waals surface area contributed by atoms with Crippen LogP contribution >= 0.6 is 11.8 Å². The number of hydrogen-bond donors (Lipinski definition) is 1. The number of nitriles is 1. The first-order valence-corrected chi connectivity index (χ1v) is 7.42. The lowest BCUT2D eigenvalue weighted by atomic mass is 9.93. The zero-order chi connectivity index (χ0) is 14.3. The van der Waals surface area contributed by atoms with Crippen molar-refractivity contribution >= 4 is 17.7 Å². The number of nitrogens with one attached hydrogen (secondary N) is 1. The molecule has 0 aromatic heterocycles. The number of nitrogens with zero attached hydrogens (tertiary/aromatic N) is 1. The smallest absolute Gasteiger partial charge is 0.185 e. The van der Waals surface area contributed by atoms with Gasteiger partial charge in [-0.2, -0.15) is 5.26 Å². The van der Waals surface area contributed by atoms with Gasteiger partial charge in [-0.15, -0.1) is 0 Å². The number of ether oxygens (including phenoxy) is 2. The summed E-state index contributed by atoms with van der Waals surface area (Å²) in [6.45, 7) is 8.09.